The Balaban J connectivity index is 1.80. The topological polar surface area (TPSA) is 89.5 Å². The summed E-state index contributed by atoms with van der Waals surface area (Å²) in [5, 5.41) is 0.435. The van der Waals surface area contributed by atoms with Gasteiger partial charge in [0.25, 0.3) is 0 Å². The Hall–Kier alpha value is -1.44. The molecule has 1 N–H and O–H groups in total. The average molecular weight is 360 g/mol. The monoisotopic (exact) mass is 359 g/mol. The van der Waals surface area contributed by atoms with Crippen molar-refractivity contribution in [2.45, 2.75) is 43.1 Å². The van der Waals surface area contributed by atoms with E-state index < -0.39 is 22.1 Å². The summed E-state index contributed by atoms with van der Waals surface area (Å²) in [5.74, 6) is -0.643. The SMILES string of the molecule is O=C(CCNS(=O)(=O)c1ccc(Cl)cc1)O[C@@H]1CCCCC1=O. The van der Waals surface area contributed by atoms with Crippen LogP contribution in [0.1, 0.15) is 32.1 Å². The van der Waals surface area contributed by atoms with Gasteiger partial charge in [-0.1, -0.05) is 11.6 Å². The zero-order valence-electron chi connectivity index (χ0n) is 12.5. The minimum atomic E-state index is -3.70. The molecule has 0 aliphatic heterocycles. The van der Waals surface area contributed by atoms with Gasteiger partial charge in [-0.3, -0.25) is 9.59 Å². The molecule has 1 aliphatic rings. The van der Waals surface area contributed by atoms with Crippen LogP contribution in [0.15, 0.2) is 29.2 Å². The van der Waals surface area contributed by atoms with E-state index in [2.05, 4.69) is 4.72 Å². The molecule has 1 saturated carbocycles. The second kappa shape index (κ2) is 7.90. The Labute approximate surface area is 140 Å². The maximum absolute atomic E-state index is 12.0. The van der Waals surface area contributed by atoms with Gasteiger partial charge in [0.2, 0.25) is 10.0 Å². The molecular weight excluding hydrogens is 342 g/mol. The van der Waals surface area contributed by atoms with Crippen LogP contribution in [0.5, 0.6) is 0 Å². The Morgan fingerprint density at radius 1 is 1.26 bits per heavy atom. The van der Waals surface area contributed by atoms with E-state index in [0.717, 1.165) is 12.8 Å². The second-order valence-electron chi connectivity index (χ2n) is 5.29. The van der Waals surface area contributed by atoms with Crippen LogP contribution in [0.25, 0.3) is 0 Å². The molecule has 0 amide bonds. The number of hydrogen-bond acceptors (Lipinski definition) is 5. The van der Waals surface area contributed by atoms with Crippen molar-refractivity contribution in [3.05, 3.63) is 29.3 Å². The minimum absolute atomic E-state index is 0.0636. The largest absolute Gasteiger partial charge is 0.454 e. The third-order valence-corrected chi connectivity index (χ3v) is 5.25. The van der Waals surface area contributed by atoms with E-state index in [1.807, 2.05) is 0 Å². The summed E-state index contributed by atoms with van der Waals surface area (Å²) in [4.78, 5) is 23.3. The van der Waals surface area contributed by atoms with Crippen molar-refractivity contribution < 1.29 is 22.7 Å². The Morgan fingerprint density at radius 2 is 1.96 bits per heavy atom. The number of benzene rings is 1. The van der Waals surface area contributed by atoms with Gasteiger partial charge >= 0.3 is 5.97 Å². The van der Waals surface area contributed by atoms with Gasteiger partial charge in [-0.15, -0.1) is 0 Å². The van der Waals surface area contributed by atoms with Crippen LogP contribution >= 0.6 is 11.6 Å². The molecular formula is C15H18ClNO5S. The molecule has 8 heteroatoms. The zero-order chi connectivity index (χ0) is 16.9. The van der Waals surface area contributed by atoms with Gasteiger partial charge in [-0.25, -0.2) is 13.1 Å². The van der Waals surface area contributed by atoms with Crippen molar-refractivity contribution in [3.63, 3.8) is 0 Å². The third kappa shape index (κ3) is 5.30. The Kier molecular flexibility index (Phi) is 6.15. The maximum Gasteiger partial charge on any atom is 0.307 e. The van der Waals surface area contributed by atoms with Crippen molar-refractivity contribution in [2.75, 3.05) is 6.54 Å². The lowest BCUT2D eigenvalue weighted by Crippen LogP contribution is -2.32. The summed E-state index contributed by atoms with van der Waals surface area (Å²) >= 11 is 5.71. The summed E-state index contributed by atoms with van der Waals surface area (Å²) in [7, 11) is -3.70. The standard InChI is InChI=1S/C15H18ClNO5S/c16-11-5-7-12(8-6-11)23(20,21)17-10-9-15(19)22-14-4-2-1-3-13(14)18/h5-8,14,17H,1-4,9-10H2/t14-/m1/s1. The van der Waals surface area contributed by atoms with Crippen molar-refractivity contribution in [3.8, 4) is 0 Å². The van der Waals surface area contributed by atoms with Gasteiger partial charge in [0.15, 0.2) is 11.9 Å². The van der Waals surface area contributed by atoms with Crippen LogP contribution < -0.4 is 4.72 Å². The number of hydrogen-bond donors (Lipinski definition) is 1. The van der Waals surface area contributed by atoms with Gasteiger partial charge in [0, 0.05) is 18.0 Å². The highest BCUT2D eigenvalue weighted by Crippen LogP contribution is 2.18. The lowest BCUT2D eigenvalue weighted by Gasteiger charge is -2.20. The molecule has 126 valence electrons. The van der Waals surface area contributed by atoms with Crippen LogP contribution in [0.3, 0.4) is 0 Å². The van der Waals surface area contributed by atoms with E-state index in [1.54, 1.807) is 0 Å². The number of carbonyl (C=O) groups is 2. The van der Waals surface area contributed by atoms with Crippen LogP contribution in [-0.2, 0) is 24.3 Å². The number of esters is 1. The first-order chi connectivity index (χ1) is 10.9. The molecule has 0 heterocycles. The summed E-state index contributed by atoms with van der Waals surface area (Å²) in [6.45, 7) is -0.0926. The molecule has 0 spiro atoms. The first-order valence-electron chi connectivity index (χ1n) is 7.36. The van der Waals surface area contributed by atoms with E-state index in [0.29, 0.717) is 17.9 Å². The van der Waals surface area contributed by atoms with Gasteiger partial charge in [-0.2, -0.15) is 0 Å². The number of rotatable bonds is 6. The lowest BCUT2D eigenvalue weighted by molar-refractivity contribution is -0.156. The van der Waals surface area contributed by atoms with Gasteiger partial charge < -0.3 is 4.74 Å². The third-order valence-electron chi connectivity index (χ3n) is 3.52. The molecule has 1 atom stereocenters. The van der Waals surface area contributed by atoms with Crippen LogP contribution in [0.2, 0.25) is 5.02 Å². The van der Waals surface area contributed by atoms with E-state index in [4.69, 9.17) is 16.3 Å². The average Bonchev–Trinajstić information content (AvgIpc) is 2.50. The zero-order valence-corrected chi connectivity index (χ0v) is 14.0. The highest BCUT2D eigenvalue weighted by atomic mass is 35.5. The molecule has 1 fully saturated rings. The highest BCUT2D eigenvalue weighted by molar-refractivity contribution is 7.89. The normalized spacial score (nSPS) is 18.7. The number of halogens is 1. The fraction of sp³-hybridized carbons (Fsp3) is 0.467. The van der Waals surface area contributed by atoms with E-state index >= 15 is 0 Å². The molecule has 0 radical (unpaired) electrons. The van der Waals surface area contributed by atoms with Crippen LogP contribution in [0.4, 0.5) is 0 Å². The number of ketones is 1. The Bertz CT molecular complexity index is 672. The second-order valence-corrected chi connectivity index (χ2v) is 7.50. The quantitative estimate of drug-likeness (QED) is 0.785. The highest BCUT2D eigenvalue weighted by Gasteiger charge is 2.25. The van der Waals surface area contributed by atoms with E-state index in [1.165, 1.54) is 24.3 Å². The van der Waals surface area contributed by atoms with Crippen molar-refractivity contribution in [1.82, 2.24) is 4.72 Å². The molecule has 0 bridgehead atoms. The molecule has 0 aromatic heterocycles. The van der Waals surface area contributed by atoms with Crippen molar-refractivity contribution >= 4 is 33.4 Å². The van der Waals surface area contributed by atoms with Gasteiger partial charge in [-0.05, 0) is 43.5 Å². The smallest absolute Gasteiger partial charge is 0.307 e. The van der Waals surface area contributed by atoms with Crippen LogP contribution in [0, 0.1) is 0 Å². The number of nitrogens with one attached hydrogen (secondary N) is 1. The molecule has 1 aromatic rings. The Morgan fingerprint density at radius 3 is 2.61 bits per heavy atom. The van der Waals surface area contributed by atoms with Gasteiger partial charge in [0.1, 0.15) is 0 Å². The molecule has 1 aliphatic carbocycles. The maximum atomic E-state index is 12.0. The van der Waals surface area contributed by atoms with Crippen molar-refractivity contribution in [2.24, 2.45) is 0 Å². The minimum Gasteiger partial charge on any atom is -0.454 e. The predicted octanol–water partition coefficient (Wildman–Crippen LogP) is 2.06. The number of ether oxygens (including phenoxy) is 1. The number of Topliss-reactive ketones (excluding diaryl/α,β-unsaturated/α-hetero) is 1. The van der Waals surface area contributed by atoms with Gasteiger partial charge in [0.05, 0.1) is 11.3 Å². The number of carbonyl (C=O) groups excluding carboxylic acids is 2. The molecule has 23 heavy (non-hydrogen) atoms. The summed E-state index contributed by atoms with van der Waals surface area (Å²) in [6, 6.07) is 5.70. The van der Waals surface area contributed by atoms with E-state index in [-0.39, 0.29) is 23.6 Å². The predicted molar refractivity (Wildman–Crippen MR) is 84.6 cm³/mol. The molecule has 2 rings (SSSR count). The molecule has 6 nitrogen and oxygen atoms in total. The summed E-state index contributed by atoms with van der Waals surface area (Å²) in [5.41, 5.74) is 0. The fourth-order valence-electron chi connectivity index (χ4n) is 2.28. The number of sulfonamides is 1. The van der Waals surface area contributed by atoms with Crippen LogP contribution in [-0.4, -0.2) is 32.8 Å². The fourth-order valence-corrected chi connectivity index (χ4v) is 3.44. The first-order valence-corrected chi connectivity index (χ1v) is 9.22. The first kappa shape index (κ1) is 17.9. The molecule has 1 aromatic carbocycles. The van der Waals surface area contributed by atoms with E-state index in [9.17, 15) is 18.0 Å². The lowest BCUT2D eigenvalue weighted by atomic mass is 9.96. The van der Waals surface area contributed by atoms with Crippen molar-refractivity contribution in [1.29, 1.82) is 0 Å². The summed E-state index contributed by atoms with van der Waals surface area (Å²) < 4.78 is 31.4. The molecule has 0 saturated heterocycles. The summed E-state index contributed by atoms with van der Waals surface area (Å²) in [6.07, 6.45) is 1.85. The molecule has 0 unspecified atom stereocenters.